The summed E-state index contributed by atoms with van der Waals surface area (Å²) in [6.07, 6.45) is 2.53. The number of phenolic OH excluding ortho intramolecular Hbond substituents is 1. The second-order valence-electron chi connectivity index (χ2n) is 10.8. The topological polar surface area (TPSA) is 132 Å². The van der Waals surface area contributed by atoms with E-state index < -0.39 is 30.2 Å². The van der Waals surface area contributed by atoms with Crippen LogP contribution in [0.15, 0.2) is 41.7 Å². The van der Waals surface area contributed by atoms with Gasteiger partial charge in [0.05, 0.1) is 37.1 Å². The Labute approximate surface area is 232 Å². The van der Waals surface area contributed by atoms with E-state index in [4.69, 9.17) is 18.9 Å². The van der Waals surface area contributed by atoms with E-state index >= 15 is 0 Å². The van der Waals surface area contributed by atoms with Gasteiger partial charge in [0, 0.05) is 24.3 Å². The number of aromatic hydroxyl groups is 1. The predicted molar refractivity (Wildman–Crippen MR) is 145 cm³/mol. The fraction of sp³-hybridized carbons (Fsp3) is 0.419. The van der Waals surface area contributed by atoms with Gasteiger partial charge in [-0.1, -0.05) is 17.7 Å². The lowest BCUT2D eigenvalue weighted by atomic mass is 9.76. The molecule has 0 radical (unpaired) electrons. The number of aliphatic hydroxyl groups excluding tert-OH is 1. The molecule has 9 heteroatoms. The predicted octanol–water partition coefficient (Wildman–Crippen LogP) is 4.10. The summed E-state index contributed by atoms with van der Waals surface area (Å²) in [4.78, 5) is 25.9. The monoisotopic (exact) mass is 550 g/mol. The maximum absolute atomic E-state index is 13.0. The molecule has 0 amide bonds. The number of methoxy groups -OCH3 is 1. The van der Waals surface area contributed by atoms with Crippen LogP contribution in [0.1, 0.15) is 68.2 Å². The number of hydrogen-bond donors (Lipinski definition) is 3. The normalized spacial score (nSPS) is 22.1. The van der Waals surface area contributed by atoms with Crippen molar-refractivity contribution in [1.29, 1.82) is 0 Å². The smallest absolute Gasteiger partial charge is 0.374 e. The summed E-state index contributed by atoms with van der Waals surface area (Å²) in [6, 6.07) is 6.61. The van der Waals surface area contributed by atoms with Crippen LogP contribution in [0.25, 0.3) is 5.57 Å². The van der Waals surface area contributed by atoms with Gasteiger partial charge in [0.25, 0.3) is 0 Å². The molecule has 2 aromatic rings. The highest BCUT2D eigenvalue weighted by molar-refractivity contribution is 5.98. The van der Waals surface area contributed by atoms with E-state index in [2.05, 4.69) is 0 Å². The number of fused-ring (bicyclic) bond motifs is 2. The number of benzene rings is 2. The van der Waals surface area contributed by atoms with Crippen LogP contribution in [-0.2, 0) is 27.4 Å². The Kier molecular flexibility index (Phi) is 7.37. The molecule has 0 saturated heterocycles. The van der Waals surface area contributed by atoms with Crippen molar-refractivity contribution in [1.82, 2.24) is 0 Å². The highest BCUT2D eigenvalue weighted by Crippen LogP contribution is 2.54. The first-order chi connectivity index (χ1) is 19.1. The van der Waals surface area contributed by atoms with Gasteiger partial charge in [0.1, 0.15) is 34.9 Å². The van der Waals surface area contributed by atoms with Gasteiger partial charge in [-0.25, -0.2) is 4.79 Å². The van der Waals surface area contributed by atoms with E-state index in [1.54, 1.807) is 51.1 Å². The van der Waals surface area contributed by atoms with Gasteiger partial charge in [-0.3, -0.25) is 4.79 Å². The Balaban J connectivity index is 1.72. The van der Waals surface area contributed by atoms with Crippen LogP contribution in [0.5, 0.6) is 23.0 Å². The molecule has 40 heavy (non-hydrogen) atoms. The standard InChI is InChI=1S/C31H34O9/c1-5-38-30(35)24-13-20(17-8-11-23(34)19(12-17)16-6-9-18(33)10-7-16)26-28(37-4)21-14-25(31(2,3)36)40-27(21)22(15-32)29(26)39-24/h6-7,9-10,13,19,25,32-33,36H,5,8,11-12,14-15H2,1-4H3. The van der Waals surface area contributed by atoms with Crippen molar-refractivity contribution in [3.63, 3.8) is 0 Å². The van der Waals surface area contributed by atoms with Gasteiger partial charge < -0.3 is 34.3 Å². The second-order valence-corrected chi connectivity index (χ2v) is 10.8. The number of carbonyl (C=O) groups excluding carboxylic acids is 2. The first-order valence-electron chi connectivity index (χ1n) is 13.4. The summed E-state index contributed by atoms with van der Waals surface area (Å²) in [5.41, 5.74) is 2.80. The molecule has 212 valence electrons. The number of rotatable bonds is 6. The Hall–Kier alpha value is -3.82. The first kappa shape index (κ1) is 27.7. The van der Waals surface area contributed by atoms with Crippen molar-refractivity contribution in [3.8, 4) is 23.0 Å². The lowest BCUT2D eigenvalue weighted by molar-refractivity contribution is -0.141. The number of hydrogen-bond acceptors (Lipinski definition) is 9. The minimum Gasteiger partial charge on any atom is -0.508 e. The zero-order chi connectivity index (χ0) is 28.8. The zero-order valence-corrected chi connectivity index (χ0v) is 23.1. The Morgan fingerprint density at radius 2 is 1.85 bits per heavy atom. The third-order valence-corrected chi connectivity index (χ3v) is 7.77. The van der Waals surface area contributed by atoms with E-state index in [9.17, 15) is 24.9 Å². The van der Waals surface area contributed by atoms with Crippen LogP contribution in [0.3, 0.4) is 0 Å². The van der Waals surface area contributed by atoms with Crippen LogP contribution >= 0.6 is 0 Å². The molecule has 2 heterocycles. The maximum Gasteiger partial charge on any atom is 0.374 e. The lowest BCUT2D eigenvalue weighted by Gasteiger charge is -2.30. The minimum atomic E-state index is -1.17. The van der Waals surface area contributed by atoms with Crippen molar-refractivity contribution in [3.05, 3.63) is 63.9 Å². The van der Waals surface area contributed by atoms with E-state index in [-0.39, 0.29) is 29.6 Å². The molecule has 2 atom stereocenters. The Morgan fingerprint density at radius 3 is 2.48 bits per heavy atom. The van der Waals surface area contributed by atoms with Crippen LogP contribution in [0.2, 0.25) is 0 Å². The maximum atomic E-state index is 13.0. The molecular weight excluding hydrogens is 516 g/mol. The van der Waals surface area contributed by atoms with Gasteiger partial charge in [-0.15, -0.1) is 0 Å². The van der Waals surface area contributed by atoms with E-state index in [1.165, 1.54) is 7.11 Å². The van der Waals surface area contributed by atoms with Crippen LogP contribution in [0, 0.1) is 0 Å². The summed E-state index contributed by atoms with van der Waals surface area (Å²) in [6.45, 7) is 4.71. The molecule has 2 unspecified atom stereocenters. The van der Waals surface area contributed by atoms with E-state index in [0.717, 1.165) is 11.1 Å². The third-order valence-electron chi connectivity index (χ3n) is 7.77. The minimum absolute atomic E-state index is 0.0522. The van der Waals surface area contributed by atoms with Crippen molar-refractivity contribution < 1.29 is 43.9 Å². The van der Waals surface area contributed by atoms with Crippen molar-refractivity contribution in [2.75, 3.05) is 13.7 Å². The molecule has 0 bridgehead atoms. The highest BCUT2D eigenvalue weighted by atomic mass is 16.6. The summed E-state index contributed by atoms with van der Waals surface area (Å²) in [7, 11) is 1.53. The van der Waals surface area contributed by atoms with Gasteiger partial charge in [-0.2, -0.15) is 0 Å². The van der Waals surface area contributed by atoms with Gasteiger partial charge >= 0.3 is 5.97 Å². The van der Waals surface area contributed by atoms with Gasteiger partial charge in [0.2, 0.25) is 5.76 Å². The number of carbonyl (C=O) groups is 2. The molecule has 5 rings (SSSR count). The van der Waals surface area contributed by atoms with Crippen LogP contribution in [-0.4, -0.2) is 52.5 Å². The Bertz CT molecular complexity index is 1410. The number of ether oxygens (including phenoxy) is 4. The number of phenols is 1. The SMILES string of the molecule is CCOC(=O)C1=CC(=C2CCC(=O)C(c3ccc(O)cc3)C2)c2c(OC)c3c(c(CO)c2O1)OC(C(C)(C)O)C3. The molecule has 1 fully saturated rings. The first-order valence-corrected chi connectivity index (χ1v) is 13.4. The third kappa shape index (κ3) is 4.84. The van der Waals surface area contributed by atoms with Crippen LogP contribution < -0.4 is 14.2 Å². The molecule has 1 saturated carbocycles. The molecule has 0 spiro atoms. The number of esters is 1. The summed E-state index contributed by atoms with van der Waals surface area (Å²) < 4.78 is 23.4. The lowest BCUT2D eigenvalue weighted by Crippen LogP contribution is -2.39. The average Bonchev–Trinajstić information content (AvgIpc) is 3.38. The summed E-state index contributed by atoms with van der Waals surface area (Å²) in [5, 5.41) is 31.0. The number of Topliss-reactive ketones (excluding diaryl/α,β-unsaturated/α-hetero) is 1. The molecule has 9 nitrogen and oxygen atoms in total. The molecule has 2 aromatic carbocycles. The van der Waals surface area contributed by atoms with E-state index in [1.807, 2.05) is 0 Å². The van der Waals surface area contributed by atoms with E-state index in [0.29, 0.717) is 59.4 Å². The molecule has 1 aliphatic carbocycles. The van der Waals surface area contributed by atoms with Crippen molar-refractivity contribution >= 4 is 17.3 Å². The van der Waals surface area contributed by atoms with Gasteiger partial charge in [0.15, 0.2) is 0 Å². The van der Waals surface area contributed by atoms with Crippen molar-refractivity contribution in [2.45, 2.75) is 70.7 Å². The number of allylic oxidation sites excluding steroid dienone is 3. The number of ketones is 1. The summed E-state index contributed by atoms with van der Waals surface area (Å²) >= 11 is 0. The average molecular weight is 551 g/mol. The van der Waals surface area contributed by atoms with Crippen molar-refractivity contribution in [2.24, 2.45) is 0 Å². The fourth-order valence-corrected chi connectivity index (χ4v) is 5.70. The second kappa shape index (κ2) is 10.6. The Morgan fingerprint density at radius 1 is 1.12 bits per heavy atom. The number of aliphatic hydroxyl groups is 2. The highest BCUT2D eigenvalue weighted by Gasteiger charge is 2.43. The molecule has 2 aliphatic heterocycles. The zero-order valence-electron chi connectivity index (χ0n) is 23.1. The van der Waals surface area contributed by atoms with Crippen LogP contribution in [0.4, 0.5) is 0 Å². The molecule has 3 aliphatic rings. The summed E-state index contributed by atoms with van der Waals surface area (Å²) in [5.74, 6) is 0.122. The van der Waals surface area contributed by atoms with Gasteiger partial charge in [-0.05, 0) is 63.0 Å². The largest absolute Gasteiger partial charge is 0.508 e. The molecule has 3 N–H and O–H groups in total. The fourth-order valence-electron chi connectivity index (χ4n) is 5.70. The molecule has 0 aromatic heterocycles. The quantitative estimate of drug-likeness (QED) is 0.455. The molecular formula is C31H34O9.